The molecule has 0 rings (SSSR count). The molecule has 6 heteroatoms. The van der Waals surface area contributed by atoms with Gasteiger partial charge in [0.1, 0.15) is 12.2 Å². The lowest BCUT2D eigenvalue weighted by Gasteiger charge is -2.27. The van der Waals surface area contributed by atoms with Crippen LogP contribution < -0.4 is 5.32 Å². The molecular formula is C45H89NO5. The van der Waals surface area contributed by atoms with Gasteiger partial charge in [-0.2, -0.15) is 0 Å². The third-order valence-corrected chi connectivity index (χ3v) is 10.7. The molecule has 1 amide bonds. The predicted molar refractivity (Wildman–Crippen MR) is 219 cm³/mol. The Morgan fingerprint density at radius 2 is 0.784 bits per heavy atom. The van der Waals surface area contributed by atoms with E-state index in [0.29, 0.717) is 12.8 Å². The summed E-state index contributed by atoms with van der Waals surface area (Å²) in [6.45, 7) is 3.92. The fraction of sp³-hybridized carbons (Fsp3) is 0.933. The van der Waals surface area contributed by atoms with E-state index < -0.39 is 36.9 Å². The third kappa shape index (κ3) is 34.6. The minimum atomic E-state index is -1.25. The van der Waals surface area contributed by atoms with Crippen molar-refractivity contribution in [1.29, 1.82) is 0 Å². The summed E-state index contributed by atoms with van der Waals surface area (Å²) >= 11 is 0. The van der Waals surface area contributed by atoms with Gasteiger partial charge in [-0.25, -0.2) is 0 Å². The van der Waals surface area contributed by atoms with Crippen LogP contribution in [0.3, 0.4) is 0 Å². The van der Waals surface area contributed by atoms with Crippen LogP contribution in [0, 0.1) is 0 Å². The fourth-order valence-electron chi connectivity index (χ4n) is 7.11. The zero-order valence-corrected chi connectivity index (χ0v) is 34.1. The molecule has 0 aromatic rings. The highest BCUT2D eigenvalue weighted by Crippen LogP contribution is 2.16. The normalized spacial score (nSPS) is 14.2. The number of allylic oxidation sites excluding steroid dienone is 2. The lowest BCUT2D eigenvalue weighted by Crippen LogP contribution is -2.53. The van der Waals surface area contributed by atoms with E-state index in [1.165, 1.54) is 167 Å². The van der Waals surface area contributed by atoms with E-state index in [4.69, 9.17) is 0 Å². The zero-order valence-electron chi connectivity index (χ0n) is 34.1. The molecule has 4 unspecified atom stereocenters. The quantitative estimate of drug-likeness (QED) is 0.0319. The first kappa shape index (κ1) is 50.1. The highest BCUT2D eigenvalue weighted by molar-refractivity contribution is 5.80. The van der Waals surface area contributed by atoms with Gasteiger partial charge >= 0.3 is 0 Å². The summed E-state index contributed by atoms with van der Waals surface area (Å²) in [6, 6.07) is -0.977. The number of unbranched alkanes of at least 4 members (excludes halogenated alkanes) is 30. The lowest BCUT2D eigenvalue weighted by atomic mass is 9.99. The van der Waals surface area contributed by atoms with Crippen LogP contribution in [0.1, 0.15) is 239 Å². The largest absolute Gasteiger partial charge is 0.394 e. The Balaban J connectivity index is 3.45. The topological polar surface area (TPSA) is 110 Å². The molecule has 6 nitrogen and oxygen atoms in total. The lowest BCUT2D eigenvalue weighted by molar-refractivity contribution is -0.132. The van der Waals surface area contributed by atoms with E-state index in [-0.39, 0.29) is 0 Å². The van der Waals surface area contributed by atoms with Crippen LogP contribution in [0.25, 0.3) is 0 Å². The van der Waals surface area contributed by atoms with Crippen molar-refractivity contribution in [3.63, 3.8) is 0 Å². The summed E-state index contributed by atoms with van der Waals surface area (Å²) in [5.74, 6) is -0.589. The van der Waals surface area contributed by atoms with E-state index in [2.05, 4.69) is 31.3 Å². The molecule has 51 heavy (non-hydrogen) atoms. The van der Waals surface area contributed by atoms with Crippen molar-refractivity contribution in [2.75, 3.05) is 6.61 Å². The summed E-state index contributed by atoms with van der Waals surface area (Å²) < 4.78 is 0. The molecular weight excluding hydrogens is 634 g/mol. The summed E-state index contributed by atoms with van der Waals surface area (Å²) in [5, 5.41) is 43.0. The monoisotopic (exact) mass is 724 g/mol. The van der Waals surface area contributed by atoms with Crippen molar-refractivity contribution in [3.05, 3.63) is 12.2 Å². The molecule has 0 aliphatic heterocycles. The second-order valence-corrected chi connectivity index (χ2v) is 15.8. The van der Waals surface area contributed by atoms with Crippen LogP contribution in [-0.4, -0.2) is 57.3 Å². The molecule has 0 aromatic heterocycles. The minimum absolute atomic E-state index is 0.371. The van der Waals surface area contributed by atoms with E-state index in [9.17, 15) is 25.2 Å². The molecule has 0 saturated carbocycles. The molecule has 0 radical (unpaired) electrons. The maximum Gasteiger partial charge on any atom is 0.249 e. The molecule has 0 saturated heterocycles. The Labute approximate surface area is 317 Å². The SMILES string of the molecule is CCCCCCCCCCCCCC/C=C\CCCCCCCCCCCCCCCCCC(O)C(=O)NC(CO)C(O)C(O)CCCCCC. The van der Waals surface area contributed by atoms with Crippen LogP contribution in [0.15, 0.2) is 12.2 Å². The van der Waals surface area contributed by atoms with Gasteiger partial charge in [-0.1, -0.05) is 212 Å². The smallest absolute Gasteiger partial charge is 0.249 e. The Kier molecular flexibility index (Phi) is 39.5. The predicted octanol–water partition coefficient (Wildman–Crippen LogP) is 11.8. The van der Waals surface area contributed by atoms with Gasteiger partial charge in [0.25, 0.3) is 0 Å². The maximum absolute atomic E-state index is 12.4. The van der Waals surface area contributed by atoms with Gasteiger partial charge in [-0.05, 0) is 38.5 Å². The standard InChI is InChI=1S/C45H89NO5/c1-3-5-7-9-10-11-12-13-14-15-16-17-18-19-20-21-22-23-24-25-26-27-28-29-30-31-32-33-34-35-37-39-43(49)45(51)46-41(40-47)44(50)42(48)38-36-8-6-4-2/h19-20,41-44,47-50H,3-18,21-40H2,1-2H3,(H,46,51)/b20-19-. The average Bonchev–Trinajstić information content (AvgIpc) is 3.14. The summed E-state index contributed by atoms with van der Waals surface area (Å²) in [4.78, 5) is 12.4. The Hall–Kier alpha value is -0.950. The molecule has 0 bridgehead atoms. The third-order valence-electron chi connectivity index (χ3n) is 10.7. The number of aliphatic hydroxyl groups excluding tert-OH is 4. The Morgan fingerprint density at radius 1 is 0.471 bits per heavy atom. The van der Waals surface area contributed by atoms with Crippen molar-refractivity contribution >= 4 is 5.91 Å². The molecule has 0 aliphatic rings. The number of nitrogens with one attached hydrogen (secondary N) is 1. The Morgan fingerprint density at radius 3 is 1.16 bits per heavy atom. The number of amides is 1. The highest BCUT2D eigenvalue weighted by Gasteiger charge is 2.28. The van der Waals surface area contributed by atoms with Crippen molar-refractivity contribution < 1.29 is 25.2 Å². The average molecular weight is 724 g/mol. The van der Waals surface area contributed by atoms with Gasteiger partial charge in [0, 0.05) is 0 Å². The zero-order chi connectivity index (χ0) is 37.5. The molecule has 304 valence electrons. The number of carbonyl (C=O) groups is 1. The second kappa shape index (κ2) is 40.2. The van der Waals surface area contributed by atoms with Crippen molar-refractivity contribution in [2.45, 2.75) is 263 Å². The van der Waals surface area contributed by atoms with E-state index in [0.717, 1.165) is 44.9 Å². The second-order valence-electron chi connectivity index (χ2n) is 15.8. The number of aliphatic hydroxyl groups is 4. The van der Waals surface area contributed by atoms with Gasteiger partial charge in [0.05, 0.1) is 18.8 Å². The number of hydrogen-bond acceptors (Lipinski definition) is 5. The number of rotatable bonds is 41. The summed E-state index contributed by atoms with van der Waals surface area (Å²) in [7, 11) is 0. The highest BCUT2D eigenvalue weighted by atomic mass is 16.3. The van der Waals surface area contributed by atoms with E-state index >= 15 is 0 Å². The maximum atomic E-state index is 12.4. The van der Waals surface area contributed by atoms with Crippen molar-refractivity contribution in [3.8, 4) is 0 Å². The van der Waals surface area contributed by atoms with Crippen LogP contribution in [0.5, 0.6) is 0 Å². The molecule has 0 aliphatic carbocycles. The van der Waals surface area contributed by atoms with Gasteiger partial charge in [0.15, 0.2) is 0 Å². The molecule has 0 heterocycles. The number of carbonyl (C=O) groups excluding carboxylic acids is 1. The van der Waals surface area contributed by atoms with Crippen molar-refractivity contribution in [1.82, 2.24) is 5.32 Å². The first-order valence-corrected chi connectivity index (χ1v) is 22.6. The summed E-state index contributed by atoms with van der Waals surface area (Å²) in [6.07, 6.45) is 44.8. The van der Waals surface area contributed by atoms with Gasteiger partial charge in [0.2, 0.25) is 5.91 Å². The molecule has 0 spiro atoms. The van der Waals surface area contributed by atoms with Crippen molar-refractivity contribution in [2.24, 2.45) is 0 Å². The van der Waals surface area contributed by atoms with Crippen LogP contribution in [0.4, 0.5) is 0 Å². The Bertz CT molecular complexity index is 731. The molecule has 4 atom stereocenters. The van der Waals surface area contributed by atoms with Crippen LogP contribution >= 0.6 is 0 Å². The molecule has 0 aromatic carbocycles. The first-order valence-electron chi connectivity index (χ1n) is 22.6. The van der Waals surface area contributed by atoms with Gasteiger partial charge in [-0.15, -0.1) is 0 Å². The first-order chi connectivity index (χ1) is 25.0. The van der Waals surface area contributed by atoms with Gasteiger partial charge in [-0.3, -0.25) is 4.79 Å². The van der Waals surface area contributed by atoms with Crippen LogP contribution in [-0.2, 0) is 4.79 Å². The number of hydrogen-bond donors (Lipinski definition) is 5. The van der Waals surface area contributed by atoms with E-state index in [1.807, 2.05) is 0 Å². The molecule has 0 fully saturated rings. The fourth-order valence-corrected chi connectivity index (χ4v) is 7.11. The molecule has 5 N–H and O–H groups in total. The van der Waals surface area contributed by atoms with Crippen LogP contribution in [0.2, 0.25) is 0 Å². The van der Waals surface area contributed by atoms with E-state index in [1.54, 1.807) is 0 Å². The minimum Gasteiger partial charge on any atom is -0.394 e. The van der Waals surface area contributed by atoms with Gasteiger partial charge < -0.3 is 25.7 Å². The summed E-state index contributed by atoms with van der Waals surface area (Å²) in [5.41, 5.74) is 0.